The van der Waals surface area contributed by atoms with Gasteiger partial charge in [-0.05, 0) is 37.8 Å². The van der Waals surface area contributed by atoms with Crippen LogP contribution in [0.1, 0.15) is 32.6 Å². The van der Waals surface area contributed by atoms with Gasteiger partial charge >= 0.3 is 6.09 Å². The average molecular weight is 200 g/mol. The van der Waals surface area contributed by atoms with Crippen LogP contribution in [0.5, 0.6) is 0 Å². The van der Waals surface area contributed by atoms with E-state index in [0.717, 1.165) is 25.9 Å². The van der Waals surface area contributed by atoms with Gasteiger partial charge < -0.3 is 15.7 Å². The van der Waals surface area contributed by atoms with Crippen molar-refractivity contribution < 1.29 is 9.90 Å². The van der Waals surface area contributed by atoms with Crippen LogP contribution in [0.4, 0.5) is 4.79 Å². The van der Waals surface area contributed by atoms with Crippen molar-refractivity contribution >= 4 is 6.09 Å². The maximum atomic E-state index is 10.3. The Morgan fingerprint density at radius 2 is 2.14 bits per heavy atom. The van der Waals surface area contributed by atoms with Gasteiger partial charge in [-0.1, -0.05) is 13.3 Å². The van der Waals surface area contributed by atoms with E-state index in [1.165, 1.54) is 12.8 Å². The molecule has 0 saturated carbocycles. The van der Waals surface area contributed by atoms with Gasteiger partial charge in [-0.3, -0.25) is 0 Å². The molecule has 0 atom stereocenters. The van der Waals surface area contributed by atoms with E-state index in [0.29, 0.717) is 12.0 Å². The van der Waals surface area contributed by atoms with Gasteiger partial charge in [-0.2, -0.15) is 0 Å². The molecule has 1 heterocycles. The van der Waals surface area contributed by atoms with Gasteiger partial charge in [-0.25, -0.2) is 4.79 Å². The van der Waals surface area contributed by atoms with Gasteiger partial charge in [0.05, 0.1) is 0 Å². The van der Waals surface area contributed by atoms with Gasteiger partial charge in [0.15, 0.2) is 0 Å². The van der Waals surface area contributed by atoms with Crippen molar-refractivity contribution in [3.05, 3.63) is 0 Å². The number of amides is 1. The summed E-state index contributed by atoms with van der Waals surface area (Å²) >= 11 is 0. The summed E-state index contributed by atoms with van der Waals surface area (Å²) in [6, 6.07) is 0. The first kappa shape index (κ1) is 11.3. The summed E-state index contributed by atoms with van der Waals surface area (Å²) in [5.74, 6) is 0. The molecule has 1 aliphatic heterocycles. The molecule has 4 heteroatoms. The van der Waals surface area contributed by atoms with E-state index < -0.39 is 6.09 Å². The van der Waals surface area contributed by atoms with E-state index in [1.807, 2.05) is 0 Å². The molecule has 3 N–H and O–H groups in total. The maximum Gasteiger partial charge on any atom is 0.404 e. The van der Waals surface area contributed by atoms with Crippen LogP contribution in [-0.2, 0) is 0 Å². The van der Waals surface area contributed by atoms with E-state index in [-0.39, 0.29) is 0 Å². The molecule has 4 nitrogen and oxygen atoms in total. The average Bonchev–Trinajstić information content (AvgIpc) is 2.19. The lowest BCUT2D eigenvalue weighted by molar-refractivity contribution is 0.167. The zero-order valence-electron chi connectivity index (χ0n) is 8.81. The molecular formula is C10H20N2O2. The van der Waals surface area contributed by atoms with Gasteiger partial charge in [0.25, 0.3) is 0 Å². The number of nitrogens with one attached hydrogen (secondary N) is 2. The third-order valence-corrected chi connectivity index (χ3v) is 3.35. The Morgan fingerprint density at radius 1 is 1.50 bits per heavy atom. The van der Waals surface area contributed by atoms with Crippen LogP contribution in [-0.4, -0.2) is 30.8 Å². The Labute approximate surface area is 85.1 Å². The van der Waals surface area contributed by atoms with Crippen molar-refractivity contribution in [2.24, 2.45) is 5.41 Å². The lowest BCUT2D eigenvalue weighted by Crippen LogP contribution is -2.38. The smallest absolute Gasteiger partial charge is 0.404 e. The number of carboxylic acid groups (broad SMARTS) is 1. The zero-order chi connectivity index (χ0) is 10.4. The third-order valence-electron chi connectivity index (χ3n) is 3.35. The molecule has 0 radical (unpaired) electrons. The third kappa shape index (κ3) is 3.18. The Morgan fingerprint density at radius 3 is 2.64 bits per heavy atom. The highest BCUT2D eigenvalue weighted by Crippen LogP contribution is 2.35. The summed E-state index contributed by atoms with van der Waals surface area (Å²) < 4.78 is 0. The predicted molar refractivity (Wildman–Crippen MR) is 55.5 cm³/mol. The van der Waals surface area contributed by atoms with Crippen molar-refractivity contribution in [2.45, 2.75) is 32.6 Å². The number of carbonyl (C=O) groups is 1. The fourth-order valence-corrected chi connectivity index (χ4v) is 2.17. The summed E-state index contributed by atoms with van der Waals surface area (Å²) in [6.45, 7) is 4.93. The van der Waals surface area contributed by atoms with E-state index in [2.05, 4.69) is 17.6 Å². The molecule has 0 spiro atoms. The van der Waals surface area contributed by atoms with Crippen LogP contribution in [0.3, 0.4) is 0 Å². The van der Waals surface area contributed by atoms with Gasteiger partial charge in [0.2, 0.25) is 0 Å². The van der Waals surface area contributed by atoms with Crippen molar-refractivity contribution in [1.82, 2.24) is 10.6 Å². The summed E-state index contributed by atoms with van der Waals surface area (Å²) in [6.07, 6.45) is 3.55. The SMILES string of the molecule is CCC1(CCNC(=O)O)CCNCC1. The fraction of sp³-hybridized carbons (Fsp3) is 0.900. The van der Waals surface area contributed by atoms with E-state index in [4.69, 9.17) is 5.11 Å². The minimum atomic E-state index is -0.912. The highest BCUT2D eigenvalue weighted by Gasteiger charge is 2.29. The first-order valence-corrected chi connectivity index (χ1v) is 5.36. The van der Waals surface area contributed by atoms with Crippen molar-refractivity contribution in [2.75, 3.05) is 19.6 Å². The number of hydrogen-bond donors (Lipinski definition) is 3. The fourth-order valence-electron chi connectivity index (χ4n) is 2.17. The molecule has 82 valence electrons. The van der Waals surface area contributed by atoms with Crippen LogP contribution in [0.15, 0.2) is 0 Å². The highest BCUT2D eigenvalue weighted by atomic mass is 16.4. The van der Waals surface area contributed by atoms with Gasteiger partial charge in [0, 0.05) is 6.54 Å². The van der Waals surface area contributed by atoms with Gasteiger partial charge in [0.1, 0.15) is 0 Å². The second-order valence-electron chi connectivity index (χ2n) is 4.09. The standard InChI is InChI=1S/C10H20N2O2/c1-2-10(3-6-11-7-4-10)5-8-12-9(13)14/h11-12H,2-8H2,1H3,(H,13,14). The van der Waals surface area contributed by atoms with Crippen molar-refractivity contribution in [1.29, 1.82) is 0 Å². The van der Waals surface area contributed by atoms with Crippen LogP contribution >= 0.6 is 0 Å². The highest BCUT2D eigenvalue weighted by molar-refractivity contribution is 5.64. The first-order valence-electron chi connectivity index (χ1n) is 5.36. The zero-order valence-corrected chi connectivity index (χ0v) is 8.81. The number of hydrogen-bond acceptors (Lipinski definition) is 2. The molecule has 1 rings (SSSR count). The minimum Gasteiger partial charge on any atom is -0.465 e. The molecule has 1 saturated heterocycles. The number of piperidine rings is 1. The van der Waals surface area contributed by atoms with Crippen molar-refractivity contribution in [3.63, 3.8) is 0 Å². The van der Waals surface area contributed by atoms with Crippen LogP contribution in [0, 0.1) is 5.41 Å². The molecule has 0 bridgehead atoms. The Kier molecular flexibility index (Phi) is 4.20. The second-order valence-corrected chi connectivity index (χ2v) is 4.09. The van der Waals surface area contributed by atoms with Crippen molar-refractivity contribution in [3.8, 4) is 0 Å². The molecule has 14 heavy (non-hydrogen) atoms. The Hall–Kier alpha value is -0.770. The minimum absolute atomic E-state index is 0.369. The Bertz CT molecular complexity index is 189. The lowest BCUT2D eigenvalue weighted by Gasteiger charge is -2.37. The largest absolute Gasteiger partial charge is 0.465 e. The van der Waals surface area contributed by atoms with E-state index in [1.54, 1.807) is 0 Å². The van der Waals surface area contributed by atoms with Crippen LogP contribution in [0.25, 0.3) is 0 Å². The maximum absolute atomic E-state index is 10.3. The first-order chi connectivity index (χ1) is 6.68. The molecular weight excluding hydrogens is 180 g/mol. The van der Waals surface area contributed by atoms with Crippen LogP contribution < -0.4 is 10.6 Å². The Balaban J connectivity index is 2.32. The predicted octanol–water partition coefficient (Wildman–Crippen LogP) is 1.42. The quantitative estimate of drug-likeness (QED) is 0.643. The van der Waals surface area contributed by atoms with E-state index in [9.17, 15) is 4.79 Å². The summed E-state index contributed by atoms with van der Waals surface area (Å²) in [4.78, 5) is 10.3. The molecule has 0 unspecified atom stereocenters. The molecule has 0 aromatic rings. The molecule has 1 amide bonds. The molecule has 1 aliphatic rings. The second kappa shape index (κ2) is 5.20. The topological polar surface area (TPSA) is 61.4 Å². The van der Waals surface area contributed by atoms with E-state index >= 15 is 0 Å². The molecule has 0 aromatic carbocycles. The molecule has 0 aromatic heterocycles. The van der Waals surface area contributed by atoms with Gasteiger partial charge in [-0.15, -0.1) is 0 Å². The molecule has 1 fully saturated rings. The summed E-state index contributed by atoms with van der Waals surface area (Å²) in [5, 5.41) is 14.3. The van der Waals surface area contributed by atoms with Crippen LogP contribution in [0.2, 0.25) is 0 Å². The number of rotatable bonds is 4. The summed E-state index contributed by atoms with van der Waals surface area (Å²) in [7, 11) is 0. The normalized spacial score (nSPS) is 20.4. The summed E-state index contributed by atoms with van der Waals surface area (Å²) in [5.41, 5.74) is 0.369. The molecule has 0 aliphatic carbocycles. The lowest BCUT2D eigenvalue weighted by atomic mass is 9.74. The monoisotopic (exact) mass is 200 g/mol.